The average molecular weight is 406 g/mol. The molecule has 0 bridgehead atoms. The van der Waals surface area contributed by atoms with Gasteiger partial charge in [-0.25, -0.2) is 0 Å². The Morgan fingerprint density at radius 1 is 0.793 bits per heavy atom. The lowest BCUT2D eigenvalue weighted by molar-refractivity contribution is 0.440. The molecule has 162 valence electrons. The van der Waals surface area contributed by atoms with Crippen LogP contribution in [0, 0.1) is 0 Å². The molecule has 0 radical (unpaired) electrons. The van der Waals surface area contributed by atoms with Gasteiger partial charge in [0.15, 0.2) is 0 Å². The largest absolute Gasteiger partial charge is 0.350 e. The number of piperidine rings is 3. The number of rotatable bonds is 4. The summed E-state index contributed by atoms with van der Waals surface area (Å²) in [6, 6.07) is 0.331. The SMILES string of the molecule is N[C@@H]1C[C@H](N)CN(c2nc(NC3CCCNC3)nc(N3C[C@H](N)C[C@H](N)C3)n2)C1. The summed E-state index contributed by atoms with van der Waals surface area (Å²) in [5, 5.41) is 6.90. The second-order valence-corrected chi connectivity index (χ2v) is 8.77. The number of anilines is 3. The zero-order chi connectivity index (χ0) is 20.4. The Labute approximate surface area is 172 Å². The van der Waals surface area contributed by atoms with Crippen LogP contribution in [0.3, 0.4) is 0 Å². The Morgan fingerprint density at radius 3 is 1.76 bits per heavy atom. The van der Waals surface area contributed by atoms with E-state index < -0.39 is 0 Å². The third-order valence-electron chi connectivity index (χ3n) is 5.84. The number of nitrogens with one attached hydrogen (secondary N) is 2. The zero-order valence-corrected chi connectivity index (χ0v) is 17.0. The molecule has 0 saturated carbocycles. The quantitative estimate of drug-likeness (QED) is 0.320. The van der Waals surface area contributed by atoms with Crippen LogP contribution in [-0.2, 0) is 0 Å². The first-order chi connectivity index (χ1) is 14.0. The predicted octanol–water partition coefficient (Wildman–Crippen LogP) is -2.24. The molecular formula is C18H35N11. The van der Waals surface area contributed by atoms with E-state index in [9.17, 15) is 0 Å². The van der Waals surface area contributed by atoms with Crippen molar-refractivity contribution in [1.82, 2.24) is 20.3 Å². The number of aromatic nitrogens is 3. The van der Waals surface area contributed by atoms with Gasteiger partial charge in [-0.05, 0) is 32.2 Å². The molecule has 11 heteroatoms. The van der Waals surface area contributed by atoms with Gasteiger partial charge in [-0.1, -0.05) is 0 Å². The fourth-order valence-electron chi connectivity index (χ4n) is 4.54. The van der Waals surface area contributed by atoms with Gasteiger partial charge in [0.05, 0.1) is 0 Å². The third-order valence-corrected chi connectivity index (χ3v) is 5.84. The Bertz CT molecular complexity index is 616. The predicted molar refractivity (Wildman–Crippen MR) is 115 cm³/mol. The van der Waals surface area contributed by atoms with E-state index in [-0.39, 0.29) is 24.2 Å². The molecule has 11 nitrogen and oxygen atoms in total. The van der Waals surface area contributed by atoms with Gasteiger partial charge in [-0.15, -0.1) is 0 Å². The molecular weight excluding hydrogens is 370 g/mol. The second-order valence-electron chi connectivity index (χ2n) is 8.77. The van der Waals surface area contributed by atoms with Gasteiger partial charge in [-0.2, -0.15) is 15.0 Å². The lowest BCUT2D eigenvalue weighted by atomic mass is 10.0. The summed E-state index contributed by atoms with van der Waals surface area (Å²) in [4.78, 5) is 18.3. The van der Waals surface area contributed by atoms with Gasteiger partial charge in [0.25, 0.3) is 0 Å². The van der Waals surface area contributed by atoms with Crippen LogP contribution >= 0.6 is 0 Å². The maximum atomic E-state index is 6.20. The van der Waals surface area contributed by atoms with Gasteiger partial charge in [-0.3, -0.25) is 0 Å². The molecule has 5 atom stereocenters. The van der Waals surface area contributed by atoms with Crippen molar-refractivity contribution in [3.63, 3.8) is 0 Å². The minimum Gasteiger partial charge on any atom is -0.350 e. The molecule has 3 aliphatic heterocycles. The summed E-state index contributed by atoms with van der Waals surface area (Å²) in [6.07, 6.45) is 3.84. The zero-order valence-electron chi connectivity index (χ0n) is 17.0. The van der Waals surface area contributed by atoms with Crippen molar-refractivity contribution in [2.45, 2.75) is 55.9 Å². The van der Waals surface area contributed by atoms with Gasteiger partial charge in [0.1, 0.15) is 0 Å². The highest BCUT2D eigenvalue weighted by molar-refractivity contribution is 5.47. The third kappa shape index (κ3) is 5.23. The molecule has 0 aliphatic carbocycles. The Kier molecular flexibility index (Phi) is 6.30. The smallest absolute Gasteiger partial charge is 0.232 e. The maximum Gasteiger partial charge on any atom is 0.232 e. The van der Waals surface area contributed by atoms with E-state index in [1.807, 2.05) is 0 Å². The van der Waals surface area contributed by atoms with Crippen LogP contribution in [0.15, 0.2) is 0 Å². The van der Waals surface area contributed by atoms with Crippen molar-refractivity contribution in [1.29, 1.82) is 0 Å². The normalized spacial score (nSPS) is 33.6. The van der Waals surface area contributed by atoms with Crippen LogP contribution in [0.2, 0.25) is 0 Å². The molecule has 3 fully saturated rings. The number of hydrogen-bond acceptors (Lipinski definition) is 11. The topological polar surface area (TPSA) is 173 Å². The molecule has 29 heavy (non-hydrogen) atoms. The monoisotopic (exact) mass is 405 g/mol. The molecule has 10 N–H and O–H groups in total. The molecule has 3 aliphatic rings. The van der Waals surface area contributed by atoms with Gasteiger partial charge in [0, 0.05) is 62.9 Å². The minimum atomic E-state index is 0.00903. The van der Waals surface area contributed by atoms with Crippen LogP contribution < -0.4 is 43.4 Å². The summed E-state index contributed by atoms with van der Waals surface area (Å²) in [5.74, 6) is 1.80. The molecule has 1 unspecified atom stereocenters. The maximum absolute atomic E-state index is 6.20. The van der Waals surface area contributed by atoms with Crippen molar-refractivity contribution in [3.8, 4) is 0 Å². The Balaban J connectivity index is 1.61. The summed E-state index contributed by atoms with van der Waals surface area (Å²) in [6.45, 7) is 4.68. The van der Waals surface area contributed by atoms with Gasteiger partial charge in [0.2, 0.25) is 17.8 Å². The molecule has 4 heterocycles. The molecule has 1 aromatic rings. The van der Waals surface area contributed by atoms with E-state index in [4.69, 9.17) is 37.9 Å². The number of nitrogens with zero attached hydrogens (tertiary/aromatic N) is 5. The molecule has 3 saturated heterocycles. The lowest BCUT2D eigenvalue weighted by Gasteiger charge is -2.37. The fraction of sp³-hybridized carbons (Fsp3) is 0.833. The van der Waals surface area contributed by atoms with Crippen molar-refractivity contribution in [2.24, 2.45) is 22.9 Å². The second kappa shape index (κ2) is 8.92. The molecule has 4 rings (SSSR count). The highest BCUT2D eigenvalue weighted by Gasteiger charge is 2.29. The standard InChI is InChI=1S/C18H35N11/c19-11-4-12(20)8-28(7-11)17-25-16(24-15-2-1-3-23-6-15)26-18(27-17)29-9-13(21)5-14(22)10-29/h11-15,23H,1-10,19-22H2,(H,24,25,26,27)/t11-,12+,13-,14+,15?. The number of hydrogen-bond donors (Lipinski definition) is 6. The summed E-state index contributed by atoms with van der Waals surface area (Å²) in [5.41, 5.74) is 24.8. The molecule has 1 aromatic heterocycles. The van der Waals surface area contributed by atoms with E-state index in [2.05, 4.69) is 20.4 Å². The Morgan fingerprint density at radius 2 is 1.31 bits per heavy atom. The first-order valence-corrected chi connectivity index (χ1v) is 10.7. The number of nitrogens with two attached hydrogens (primary N) is 4. The first-order valence-electron chi connectivity index (χ1n) is 10.7. The van der Waals surface area contributed by atoms with Crippen molar-refractivity contribution in [2.75, 3.05) is 54.4 Å². The minimum absolute atomic E-state index is 0.00903. The highest BCUT2D eigenvalue weighted by Crippen LogP contribution is 2.22. The average Bonchev–Trinajstić information content (AvgIpc) is 2.67. The van der Waals surface area contributed by atoms with Crippen LogP contribution in [0.25, 0.3) is 0 Å². The van der Waals surface area contributed by atoms with Crippen molar-refractivity contribution >= 4 is 17.8 Å². The van der Waals surface area contributed by atoms with Crippen molar-refractivity contribution < 1.29 is 0 Å². The fourth-order valence-corrected chi connectivity index (χ4v) is 4.54. The van der Waals surface area contributed by atoms with Gasteiger partial charge >= 0.3 is 0 Å². The van der Waals surface area contributed by atoms with Crippen molar-refractivity contribution in [3.05, 3.63) is 0 Å². The van der Waals surface area contributed by atoms with E-state index in [1.54, 1.807) is 0 Å². The summed E-state index contributed by atoms with van der Waals surface area (Å²) >= 11 is 0. The van der Waals surface area contributed by atoms with E-state index in [1.165, 1.54) is 0 Å². The van der Waals surface area contributed by atoms with E-state index in [0.717, 1.165) is 38.8 Å². The van der Waals surface area contributed by atoms with Crippen LogP contribution in [0.5, 0.6) is 0 Å². The van der Waals surface area contributed by atoms with Gasteiger partial charge < -0.3 is 43.4 Å². The van der Waals surface area contributed by atoms with E-state index >= 15 is 0 Å². The summed E-state index contributed by atoms with van der Waals surface area (Å²) < 4.78 is 0. The van der Waals surface area contributed by atoms with Crippen LogP contribution in [0.4, 0.5) is 17.8 Å². The van der Waals surface area contributed by atoms with Crippen LogP contribution in [0.1, 0.15) is 25.7 Å². The van der Waals surface area contributed by atoms with E-state index in [0.29, 0.717) is 50.1 Å². The summed E-state index contributed by atoms with van der Waals surface area (Å²) in [7, 11) is 0. The van der Waals surface area contributed by atoms with Crippen LogP contribution in [-0.4, -0.2) is 84.4 Å². The Hall–Kier alpha value is -1.79. The lowest BCUT2D eigenvalue weighted by Crippen LogP contribution is -2.54. The highest BCUT2D eigenvalue weighted by atomic mass is 15.4. The molecule has 0 spiro atoms. The molecule has 0 amide bonds. The molecule has 0 aromatic carbocycles. The first kappa shape index (κ1) is 20.5.